The molecule has 2 fully saturated rings. The fourth-order valence-corrected chi connectivity index (χ4v) is 6.02. The highest BCUT2D eigenvalue weighted by molar-refractivity contribution is 5.82. The Balaban J connectivity index is 1.09. The molecule has 12 nitrogen and oxygen atoms in total. The molecule has 4 N–H and O–H groups in total. The van der Waals surface area contributed by atoms with Gasteiger partial charge in [0.1, 0.15) is 37.1 Å². The third-order valence-electron chi connectivity index (χ3n) is 8.04. The van der Waals surface area contributed by atoms with Crippen LogP contribution in [-0.2, 0) is 33.3 Å². The summed E-state index contributed by atoms with van der Waals surface area (Å²) in [5.74, 6) is -3.74. The molecule has 5 atom stereocenters. The number of nitrogens with one attached hydrogen (secondary N) is 2. The minimum atomic E-state index is -1.35. The zero-order valence-electron chi connectivity index (χ0n) is 25.3. The van der Waals surface area contributed by atoms with E-state index in [1.165, 1.54) is 0 Å². The number of aliphatic hydroxyl groups is 1. The first-order chi connectivity index (χ1) is 20.8. The molecule has 1 unspecified atom stereocenters. The van der Waals surface area contributed by atoms with Gasteiger partial charge in [-0.15, -0.1) is 0 Å². The van der Waals surface area contributed by atoms with Crippen LogP contribution in [0.15, 0.2) is 48.5 Å². The average Bonchev–Trinajstić information content (AvgIpc) is 3.62. The van der Waals surface area contributed by atoms with Crippen LogP contribution in [-0.4, -0.2) is 90.0 Å². The number of benzene rings is 2. The third kappa shape index (κ3) is 7.22. The number of aliphatic hydroxyl groups excluding tert-OH is 1. The summed E-state index contributed by atoms with van der Waals surface area (Å²) in [5, 5.41) is 25.5. The third-order valence-corrected chi connectivity index (χ3v) is 8.04. The van der Waals surface area contributed by atoms with E-state index in [0.717, 1.165) is 22.3 Å². The first-order valence-electron chi connectivity index (χ1n) is 14.8. The van der Waals surface area contributed by atoms with Crippen LogP contribution < -0.4 is 10.6 Å². The fourth-order valence-electron chi connectivity index (χ4n) is 6.02. The van der Waals surface area contributed by atoms with Crippen LogP contribution in [0.3, 0.4) is 0 Å². The normalized spacial score (nSPS) is 24.6. The molecule has 2 saturated heterocycles. The summed E-state index contributed by atoms with van der Waals surface area (Å²) in [4.78, 5) is 37.0. The van der Waals surface area contributed by atoms with Gasteiger partial charge in [-0.2, -0.15) is 0 Å². The van der Waals surface area contributed by atoms with Gasteiger partial charge in [0.2, 0.25) is 5.91 Å². The monoisotopic (exact) mass is 612 g/mol. The molecule has 2 aliphatic heterocycles. The topological polar surface area (TPSA) is 162 Å². The van der Waals surface area contributed by atoms with Crippen molar-refractivity contribution in [3.05, 3.63) is 59.7 Å². The number of carbonyl (C=O) groups is 3. The molecule has 12 heteroatoms. The van der Waals surface area contributed by atoms with Crippen molar-refractivity contribution in [3.63, 3.8) is 0 Å². The molecule has 0 saturated carbocycles. The van der Waals surface area contributed by atoms with Gasteiger partial charge in [-0.3, -0.25) is 4.79 Å². The molecule has 1 aliphatic carbocycles. The number of carboxylic acids is 1. The Morgan fingerprint density at radius 3 is 2.18 bits per heavy atom. The van der Waals surface area contributed by atoms with Gasteiger partial charge >= 0.3 is 12.1 Å². The van der Waals surface area contributed by atoms with Gasteiger partial charge in [-0.25, -0.2) is 9.59 Å². The summed E-state index contributed by atoms with van der Waals surface area (Å²) in [5.41, 5.74) is 4.22. The number of aliphatic carboxylic acids is 1. The summed E-state index contributed by atoms with van der Waals surface area (Å²) in [7, 11) is 0. The van der Waals surface area contributed by atoms with Crippen LogP contribution in [0.5, 0.6) is 0 Å². The van der Waals surface area contributed by atoms with Gasteiger partial charge in [0.05, 0.1) is 6.61 Å². The molecule has 2 aromatic rings. The molecule has 44 heavy (non-hydrogen) atoms. The Morgan fingerprint density at radius 2 is 1.59 bits per heavy atom. The van der Waals surface area contributed by atoms with E-state index in [0.29, 0.717) is 0 Å². The van der Waals surface area contributed by atoms with Crippen LogP contribution in [0, 0.1) is 0 Å². The standard InChI is InChI=1S/C32H40N2O10/c1-31(2)41-17-25(42-31)28-27(43-32(3,4)44-28)24(35)15-33-26(36)14-13-23(29(37)38)34-30(39)40-16-22-20-11-7-5-9-18(20)19-10-6-8-12-21(19)22/h5-12,22-25,27-28,35H,13-17H2,1-4H3,(H,33,36)(H,34,39)(H,37,38)/t23-,24+,25-,27-,28?/m1/s1. The number of alkyl carbamates (subject to hydrolysis) is 1. The number of hydrogen-bond acceptors (Lipinski definition) is 9. The van der Waals surface area contributed by atoms with E-state index in [2.05, 4.69) is 10.6 Å². The zero-order valence-corrected chi connectivity index (χ0v) is 25.3. The van der Waals surface area contributed by atoms with Crippen LogP contribution in [0.4, 0.5) is 4.79 Å². The number of amides is 2. The van der Waals surface area contributed by atoms with E-state index >= 15 is 0 Å². The lowest BCUT2D eigenvalue weighted by Crippen LogP contribution is -2.48. The van der Waals surface area contributed by atoms with E-state index in [1.807, 2.05) is 48.5 Å². The van der Waals surface area contributed by atoms with Crippen molar-refractivity contribution in [2.75, 3.05) is 19.8 Å². The fraction of sp³-hybridized carbons (Fsp3) is 0.531. The second kappa shape index (κ2) is 12.8. The molecule has 2 amide bonds. The predicted octanol–water partition coefficient (Wildman–Crippen LogP) is 2.91. The maximum atomic E-state index is 12.6. The highest BCUT2D eigenvalue weighted by Gasteiger charge is 2.52. The lowest BCUT2D eigenvalue weighted by Gasteiger charge is -2.26. The molecular weight excluding hydrogens is 572 g/mol. The number of carbonyl (C=O) groups excluding carboxylic acids is 2. The van der Waals surface area contributed by atoms with Crippen LogP contribution >= 0.6 is 0 Å². The predicted molar refractivity (Wildman–Crippen MR) is 157 cm³/mol. The summed E-state index contributed by atoms with van der Waals surface area (Å²) in [6.45, 7) is 7.15. The van der Waals surface area contributed by atoms with Gasteiger partial charge < -0.3 is 44.5 Å². The maximum absolute atomic E-state index is 12.6. The number of hydrogen-bond donors (Lipinski definition) is 4. The smallest absolute Gasteiger partial charge is 0.407 e. The van der Waals surface area contributed by atoms with Gasteiger partial charge in [-0.05, 0) is 56.4 Å². The second-order valence-corrected chi connectivity index (χ2v) is 12.2. The van der Waals surface area contributed by atoms with Crippen molar-refractivity contribution in [1.29, 1.82) is 0 Å². The first-order valence-corrected chi connectivity index (χ1v) is 14.8. The Hall–Kier alpha value is -3.55. The lowest BCUT2D eigenvalue weighted by molar-refractivity contribution is -0.175. The molecule has 0 spiro atoms. The molecular formula is C32H40N2O10. The summed E-state index contributed by atoms with van der Waals surface area (Å²) in [6.07, 6.45) is -4.30. The van der Waals surface area contributed by atoms with Crippen molar-refractivity contribution in [3.8, 4) is 11.1 Å². The summed E-state index contributed by atoms with van der Waals surface area (Å²) >= 11 is 0. The Bertz CT molecular complexity index is 1330. The van der Waals surface area contributed by atoms with Gasteiger partial charge in [-0.1, -0.05) is 48.5 Å². The number of ether oxygens (including phenoxy) is 5. The van der Waals surface area contributed by atoms with Gasteiger partial charge in [0.15, 0.2) is 11.6 Å². The minimum absolute atomic E-state index is 0.0326. The number of fused-ring (bicyclic) bond motifs is 3. The van der Waals surface area contributed by atoms with Crippen molar-refractivity contribution >= 4 is 18.0 Å². The van der Waals surface area contributed by atoms with E-state index in [1.54, 1.807) is 27.7 Å². The quantitative estimate of drug-likeness (QED) is 0.297. The molecule has 238 valence electrons. The number of carboxylic acid groups (broad SMARTS) is 1. The van der Waals surface area contributed by atoms with Crippen LogP contribution in [0.1, 0.15) is 57.6 Å². The van der Waals surface area contributed by atoms with E-state index in [9.17, 15) is 24.6 Å². The summed E-state index contributed by atoms with van der Waals surface area (Å²) in [6, 6.07) is 14.4. The lowest BCUT2D eigenvalue weighted by atomic mass is 9.98. The van der Waals surface area contributed by atoms with Gasteiger partial charge in [0, 0.05) is 18.9 Å². The average molecular weight is 613 g/mol. The molecule has 0 bridgehead atoms. The second-order valence-electron chi connectivity index (χ2n) is 12.2. The molecule has 5 rings (SSSR count). The van der Waals surface area contributed by atoms with Gasteiger partial charge in [0.25, 0.3) is 0 Å². The molecule has 0 radical (unpaired) electrons. The Kier molecular flexibility index (Phi) is 9.28. The largest absolute Gasteiger partial charge is 0.480 e. The highest BCUT2D eigenvalue weighted by Crippen LogP contribution is 2.44. The van der Waals surface area contributed by atoms with E-state index < -0.39 is 60.0 Å². The van der Waals surface area contributed by atoms with Crippen molar-refractivity contribution in [2.24, 2.45) is 0 Å². The highest BCUT2D eigenvalue weighted by atomic mass is 16.8. The maximum Gasteiger partial charge on any atom is 0.407 e. The van der Waals surface area contributed by atoms with Crippen molar-refractivity contribution in [1.82, 2.24) is 10.6 Å². The minimum Gasteiger partial charge on any atom is -0.480 e. The van der Waals surface area contributed by atoms with E-state index in [-0.39, 0.29) is 38.5 Å². The van der Waals surface area contributed by atoms with Crippen molar-refractivity contribution in [2.45, 2.75) is 88.5 Å². The summed E-state index contributed by atoms with van der Waals surface area (Å²) < 4.78 is 28.9. The molecule has 0 aromatic heterocycles. The molecule has 3 aliphatic rings. The Labute approximate surface area is 256 Å². The van der Waals surface area contributed by atoms with Crippen LogP contribution in [0.2, 0.25) is 0 Å². The first kappa shape index (κ1) is 31.9. The van der Waals surface area contributed by atoms with Crippen molar-refractivity contribution < 1.29 is 48.3 Å². The Morgan fingerprint density at radius 1 is 0.955 bits per heavy atom. The SMILES string of the molecule is CC1(C)OC[C@H](C2OC(C)(C)O[C@@H]2[C@@H](O)CNC(=O)CC[C@@H](NC(=O)OCC2c3ccccc3-c3ccccc32)C(=O)O)O1. The van der Waals surface area contributed by atoms with E-state index in [4.69, 9.17) is 23.7 Å². The molecule has 2 heterocycles. The number of rotatable bonds is 11. The van der Waals surface area contributed by atoms with Crippen LogP contribution in [0.25, 0.3) is 11.1 Å². The zero-order chi connectivity index (χ0) is 31.6. The molecule has 2 aromatic carbocycles.